The van der Waals surface area contributed by atoms with E-state index in [-0.39, 0.29) is 0 Å². The van der Waals surface area contributed by atoms with E-state index in [0.717, 1.165) is 25.1 Å². The summed E-state index contributed by atoms with van der Waals surface area (Å²) >= 11 is 1.77. The zero-order chi connectivity index (χ0) is 15.2. The second-order valence-electron chi connectivity index (χ2n) is 5.35. The SMILES string of the molecule is CCCc1nc(CN(C)C(C)c2ccc(OC)cc2)cs1. The monoisotopic (exact) mass is 304 g/mol. The van der Waals surface area contributed by atoms with E-state index in [1.807, 2.05) is 12.1 Å². The van der Waals surface area contributed by atoms with Crippen LogP contribution in [0.4, 0.5) is 0 Å². The Morgan fingerprint density at radius 3 is 2.62 bits per heavy atom. The second kappa shape index (κ2) is 7.57. The maximum atomic E-state index is 5.21. The Kier molecular flexibility index (Phi) is 5.76. The van der Waals surface area contributed by atoms with Gasteiger partial charge in [0, 0.05) is 18.0 Å². The van der Waals surface area contributed by atoms with Crippen LogP contribution >= 0.6 is 11.3 Å². The summed E-state index contributed by atoms with van der Waals surface area (Å²) < 4.78 is 5.21. The number of hydrogen-bond acceptors (Lipinski definition) is 4. The van der Waals surface area contributed by atoms with Gasteiger partial charge in [-0.1, -0.05) is 19.1 Å². The zero-order valence-corrected chi connectivity index (χ0v) is 14.1. The van der Waals surface area contributed by atoms with Crippen molar-refractivity contribution in [3.63, 3.8) is 0 Å². The van der Waals surface area contributed by atoms with Gasteiger partial charge in [-0.25, -0.2) is 4.98 Å². The van der Waals surface area contributed by atoms with Gasteiger partial charge < -0.3 is 4.74 Å². The molecule has 0 saturated carbocycles. The molecule has 1 heterocycles. The lowest BCUT2D eigenvalue weighted by Gasteiger charge is -2.24. The predicted octanol–water partition coefficient (Wildman–Crippen LogP) is 4.30. The number of benzene rings is 1. The van der Waals surface area contributed by atoms with Crippen LogP contribution in [0.25, 0.3) is 0 Å². The summed E-state index contributed by atoms with van der Waals surface area (Å²) in [6, 6.07) is 8.64. The Morgan fingerprint density at radius 1 is 1.29 bits per heavy atom. The molecule has 0 bridgehead atoms. The van der Waals surface area contributed by atoms with Gasteiger partial charge >= 0.3 is 0 Å². The zero-order valence-electron chi connectivity index (χ0n) is 13.3. The van der Waals surface area contributed by atoms with E-state index in [0.29, 0.717) is 6.04 Å². The van der Waals surface area contributed by atoms with Gasteiger partial charge in [-0.2, -0.15) is 0 Å². The quantitative estimate of drug-likeness (QED) is 0.762. The molecule has 2 aromatic rings. The van der Waals surface area contributed by atoms with Crippen molar-refractivity contribution < 1.29 is 4.74 Å². The van der Waals surface area contributed by atoms with Crippen LogP contribution in [-0.4, -0.2) is 24.0 Å². The number of aromatic nitrogens is 1. The van der Waals surface area contributed by atoms with Gasteiger partial charge in [0.25, 0.3) is 0 Å². The molecule has 114 valence electrons. The summed E-state index contributed by atoms with van der Waals surface area (Å²) in [5, 5.41) is 3.43. The lowest BCUT2D eigenvalue weighted by atomic mass is 10.1. The van der Waals surface area contributed by atoms with Gasteiger partial charge in [-0.05, 0) is 44.5 Å². The van der Waals surface area contributed by atoms with Gasteiger partial charge in [0.2, 0.25) is 0 Å². The molecule has 2 rings (SSSR count). The molecule has 0 aliphatic carbocycles. The number of aryl methyl sites for hydroxylation is 1. The predicted molar refractivity (Wildman–Crippen MR) is 89.0 cm³/mol. The van der Waals surface area contributed by atoms with Crippen LogP contribution in [0, 0.1) is 0 Å². The van der Waals surface area contributed by atoms with Crippen molar-refractivity contribution in [3.05, 3.63) is 45.9 Å². The second-order valence-corrected chi connectivity index (χ2v) is 6.29. The van der Waals surface area contributed by atoms with E-state index < -0.39 is 0 Å². The standard InChI is InChI=1S/C17H24N2OS/c1-5-6-17-18-15(12-21-17)11-19(3)13(2)14-7-9-16(20-4)10-8-14/h7-10,12-13H,5-6,11H2,1-4H3. The van der Waals surface area contributed by atoms with Crippen molar-refractivity contribution in [3.8, 4) is 5.75 Å². The van der Waals surface area contributed by atoms with Crippen LogP contribution in [-0.2, 0) is 13.0 Å². The molecule has 1 unspecified atom stereocenters. The number of thiazole rings is 1. The highest BCUT2D eigenvalue weighted by atomic mass is 32.1. The number of hydrogen-bond donors (Lipinski definition) is 0. The summed E-state index contributed by atoms with van der Waals surface area (Å²) in [4.78, 5) is 7.03. The van der Waals surface area contributed by atoms with Crippen molar-refractivity contribution in [2.75, 3.05) is 14.2 Å². The molecule has 0 aliphatic heterocycles. The molecule has 21 heavy (non-hydrogen) atoms. The number of nitrogens with zero attached hydrogens (tertiary/aromatic N) is 2. The van der Waals surface area contributed by atoms with E-state index >= 15 is 0 Å². The molecule has 0 aliphatic rings. The van der Waals surface area contributed by atoms with E-state index in [9.17, 15) is 0 Å². The first-order valence-corrected chi connectivity index (χ1v) is 8.29. The van der Waals surface area contributed by atoms with Crippen molar-refractivity contribution >= 4 is 11.3 Å². The first-order valence-electron chi connectivity index (χ1n) is 7.41. The third-order valence-corrected chi connectivity index (χ3v) is 4.69. The molecule has 0 amide bonds. The molecule has 4 heteroatoms. The Bertz CT molecular complexity index is 550. The molecule has 1 aromatic heterocycles. The highest BCUT2D eigenvalue weighted by Gasteiger charge is 2.13. The minimum atomic E-state index is 0.354. The molecule has 0 saturated heterocycles. The summed E-state index contributed by atoms with van der Waals surface area (Å²) in [6.07, 6.45) is 2.24. The number of methoxy groups -OCH3 is 1. The van der Waals surface area contributed by atoms with Gasteiger partial charge in [0.1, 0.15) is 5.75 Å². The Morgan fingerprint density at radius 2 is 2.00 bits per heavy atom. The molecule has 0 fully saturated rings. The molecule has 1 aromatic carbocycles. The Labute approximate surface area is 131 Å². The number of ether oxygens (including phenoxy) is 1. The average molecular weight is 304 g/mol. The van der Waals surface area contributed by atoms with Crippen molar-refractivity contribution in [1.29, 1.82) is 0 Å². The molecule has 1 atom stereocenters. The molecular formula is C17H24N2OS. The topological polar surface area (TPSA) is 25.4 Å². The van der Waals surface area contributed by atoms with E-state index in [2.05, 4.69) is 43.3 Å². The van der Waals surface area contributed by atoms with Crippen LogP contribution in [0.15, 0.2) is 29.6 Å². The highest BCUT2D eigenvalue weighted by Crippen LogP contribution is 2.23. The van der Waals surface area contributed by atoms with Crippen LogP contribution < -0.4 is 4.74 Å². The van der Waals surface area contributed by atoms with Crippen LogP contribution in [0.1, 0.15) is 42.6 Å². The van der Waals surface area contributed by atoms with E-state index in [1.165, 1.54) is 16.3 Å². The lowest BCUT2D eigenvalue weighted by Crippen LogP contribution is -2.22. The fourth-order valence-electron chi connectivity index (χ4n) is 2.28. The smallest absolute Gasteiger partial charge is 0.118 e. The number of rotatable bonds is 7. The molecular weight excluding hydrogens is 280 g/mol. The highest BCUT2D eigenvalue weighted by molar-refractivity contribution is 7.09. The molecule has 0 radical (unpaired) electrons. The molecule has 0 N–H and O–H groups in total. The third-order valence-electron chi connectivity index (χ3n) is 3.73. The molecule has 3 nitrogen and oxygen atoms in total. The first-order chi connectivity index (χ1) is 10.1. The van der Waals surface area contributed by atoms with Crippen LogP contribution in [0.2, 0.25) is 0 Å². The molecule has 0 spiro atoms. The van der Waals surface area contributed by atoms with Gasteiger partial charge in [0.15, 0.2) is 0 Å². The van der Waals surface area contributed by atoms with E-state index in [1.54, 1.807) is 18.4 Å². The van der Waals surface area contributed by atoms with Gasteiger partial charge in [-0.15, -0.1) is 11.3 Å². The maximum absolute atomic E-state index is 5.21. The first kappa shape index (κ1) is 16.0. The van der Waals surface area contributed by atoms with Gasteiger partial charge in [0.05, 0.1) is 17.8 Å². The minimum Gasteiger partial charge on any atom is -0.497 e. The Balaban J connectivity index is 1.98. The largest absolute Gasteiger partial charge is 0.497 e. The van der Waals surface area contributed by atoms with Crippen molar-refractivity contribution in [1.82, 2.24) is 9.88 Å². The normalized spacial score (nSPS) is 12.6. The van der Waals surface area contributed by atoms with Crippen LogP contribution in [0.5, 0.6) is 5.75 Å². The fourth-order valence-corrected chi connectivity index (χ4v) is 3.17. The summed E-state index contributed by atoms with van der Waals surface area (Å²) in [7, 11) is 3.84. The summed E-state index contributed by atoms with van der Waals surface area (Å²) in [6.45, 7) is 5.30. The lowest BCUT2D eigenvalue weighted by molar-refractivity contribution is 0.250. The average Bonchev–Trinajstić information content (AvgIpc) is 2.94. The van der Waals surface area contributed by atoms with Gasteiger partial charge in [-0.3, -0.25) is 4.90 Å². The maximum Gasteiger partial charge on any atom is 0.118 e. The van der Waals surface area contributed by atoms with E-state index in [4.69, 9.17) is 9.72 Å². The Hall–Kier alpha value is -1.39. The third kappa shape index (κ3) is 4.29. The fraction of sp³-hybridized carbons (Fsp3) is 0.471. The minimum absolute atomic E-state index is 0.354. The van der Waals surface area contributed by atoms with Crippen molar-refractivity contribution in [2.45, 2.75) is 39.3 Å². The van der Waals surface area contributed by atoms with Crippen molar-refractivity contribution in [2.24, 2.45) is 0 Å². The summed E-state index contributed by atoms with van der Waals surface area (Å²) in [5.74, 6) is 0.900. The van der Waals surface area contributed by atoms with Crippen LogP contribution in [0.3, 0.4) is 0 Å². The summed E-state index contributed by atoms with van der Waals surface area (Å²) in [5.41, 5.74) is 2.47.